The van der Waals surface area contributed by atoms with E-state index < -0.39 is 5.54 Å². The summed E-state index contributed by atoms with van der Waals surface area (Å²) in [5, 5.41) is 1.13. The number of H-pyrrole nitrogens is 1. The summed E-state index contributed by atoms with van der Waals surface area (Å²) in [6.45, 7) is 0. The zero-order chi connectivity index (χ0) is 21.5. The van der Waals surface area contributed by atoms with E-state index in [-0.39, 0.29) is 5.91 Å². The van der Waals surface area contributed by atoms with Gasteiger partial charge in [0, 0.05) is 40.3 Å². The summed E-state index contributed by atoms with van der Waals surface area (Å²) in [5.74, 6) is 0.0352. The molecule has 1 aromatic heterocycles. The number of benzene rings is 4. The molecule has 3 heteroatoms. The average Bonchev–Trinajstić information content (AvgIpc) is 3.39. The molecule has 1 aliphatic heterocycles. The van der Waals surface area contributed by atoms with Crippen LogP contribution in [-0.2, 0) is 12.0 Å². The predicted octanol–water partition coefficient (Wildman–Crippen LogP) is 6.31. The number of hydrogen-bond donors (Lipinski definition) is 1. The van der Waals surface area contributed by atoms with Crippen LogP contribution in [0, 0.1) is 0 Å². The van der Waals surface area contributed by atoms with E-state index in [1.165, 1.54) is 5.56 Å². The largest absolute Gasteiger partial charge is 0.361 e. The van der Waals surface area contributed by atoms with Gasteiger partial charge in [-0.1, -0.05) is 84.9 Å². The molecule has 0 radical (unpaired) electrons. The number of nitrogens with one attached hydrogen (secondary N) is 1. The summed E-state index contributed by atoms with van der Waals surface area (Å²) in [4.78, 5) is 19.4. The quantitative estimate of drug-likeness (QED) is 0.367. The molecule has 32 heavy (non-hydrogen) atoms. The number of hydrogen-bond acceptors (Lipinski definition) is 1. The van der Waals surface area contributed by atoms with E-state index in [4.69, 9.17) is 0 Å². The van der Waals surface area contributed by atoms with Crippen molar-refractivity contribution in [3.8, 4) is 0 Å². The summed E-state index contributed by atoms with van der Waals surface area (Å²) in [7, 11) is 0. The first-order valence-corrected chi connectivity index (χ1v) is 10.9. The highest BCUT2D eigenvalue weighted by atomic mass is 16.2. The number of aromatic nitrogens is 1. The molecule has 1 N–H and O–H groups in total. The third-order valence-corrected chi connectivity index (χ3v) is 6.54. The number of rotatable bonds is 4. The number of aromatic amines is 1. The zero-order valence-electron chi connectivity index (χ0n) is 17.5. The Labute approximate surface area is 187 Å². The van der Waals surface area contributed by atoms with Gasteiger partial charge in [0.1, 0.15) is 5.54 Å². The van der Waals surface area contributed by atoms with E-state index >= 15 is 0 Å². The highest BCUT2D eigenvalue weighted by Gasteiger charge is 2.52. The lowest BCUT2D eigenvalue weighted by atomic mass is 9.77. The van der Waals surface area contributed by atoms with Crippen LogP contribution >= 0.6 is 0 Å². The normalized spacial score (nSPS) is 17.6. The second kappa shape index (κ2) is 7.24. The second-order valence-corrected chi connectivity index (χ2v) is 8.29. The third-order valence-electron chi connectivity index (χ3n) is 6.54. The third kappa shape index (κ3) is 2.64. The van der Waals surface area contributed by atoms with Crippen molar-refractivity contribution in [1.29, 1.82) is 0 Å². The van der Waals surface area contributed by atoms with E-state index in [9.17, 15) is 4.79 Å². The van der Waals surface area contributed by atoms with Crippen molar-refractivity contribution in [3.05, 3.63) is 138 Å². The summed E-state index contributed by atoms with van der Waals surface area (Å²) < 4.78 is 0. The SMILES string of the molecule is O=C1c2ccccc2C(Cc2ccccc2)(c2c[nH]c3ccccc23)N1c1ccccc1. The lowest BCUT2D eigenvalue weighted by molar-refractivity contribution is 0.0982. The summed E-state index contributed by atoms with van der Waals surface area (Å²) in [5.41, 5.74) is 5.40. The predicted molar refractivity (Wildman–Crippen MR) is 129 cm³/mol. The van der Waals surface area contributed by atoms with Gasteiger partial charge < -0.3 is 4.98 Å². The molecule has 1 aliphatic rings. The fourth-order valence-electron chi connectivity index (χ4n) is 5.20. The van der Waals surface area contributed by atoms with Gasteiger partial charge in [-0.3, -0.25) is 9.69 Å². The number of para-hydroxylation sites is 2. The standard InChI is InChI=1S/C29H22N2O/c32-28-24-16-7-9-17-25(24)29(19-21-11-3-1-4-12-21,31(28)22-13-5-2-6-14-22)26-20-30-27-18-10-8-15-23(26)27/h1-18,20,30H,19H2. The van der Waals surface area contributed by atoms with Crippen molar-refractivity contribution in [3.63, 3.8) is 0 Å². The molecule has 0 fully saturated rings. The maximum Gasteiger partial charge on any atom is 0.259 e. The first-order valence-electron chi connectivity index (χ1n) is 10.9. The van der Waals surface area contributed by atoms with Crippen molar-refractivity contribution in [2.45, 2.75) is 12.0 Å². The van der Waals surface area contributed by atoms with E-state index in [1.807, 2.05) is 65.6 Å². The number of anilines is 1. The van der Waals surface area contributed by atoms with Gasteiger partial charge >= 0.3 is 0 Å². The van der Waals surface area contributed by atoms with Crippen molar-refractivity contribution in [2.24, 2.45) is 0 Å². The molecule has 0 saturated carbocycles. The first-order chi connectivity index (χ1) is 15.8. The molecule has 1 unspecified atom stereocenters. The van der Waals surface area contributed by atoms with Gasteiger partial charge in [0.15, 0.2) is 0 Å². The van der Waals surface area contributed by atoms with Crippen LogP contribution in [0.5, 0.6) is 0 Å². The van der Waals surface area contributed by atoms with Gasteiger partial charge in [-0.2, -0.15) is 0 Å². The van der Waals surface area contributed by atoms with Crippen molar-refractivity contribution < 1.29 is 4.79 Å². The Kier molecular flexibility index (Phi) is 4.22. The molecule has 0 bridgehead atoms. The lowest BCUT2D eigenvalue weighted by Crippen LogP contribution is -2.46. The number of carbonyl (C=O) groups excluding carboxylic acids is 1. The minimum atomic E-state index is -0.671. The Morgan fingerprint density at radius 1 is 0.688 bits per heavy atom. The molecule has 2 heterocycles. The molecule has 0 spiro atoms. The number of fused-ring (bicyclic) bond motifs is 2. The lowest BCUT2D eigenvalue weighted by Gasteiger charge is -2.40. The molecule has 1 atom stereocenters. The van der Waals surface area contributed by atoms with Gasteiger partial charge in [0.25, 0.3) is 5.91 Å². The molecule has 5 aromatic rings. The van der Waals surface area contributed by atoms with Gasteiger partial charge in [-0.25, -0.2) is 0 Å². The molecule has 6 rings (SSSR count). The highest BCUT2D eigenvalue weighted by Crippen LogP contribution is 2.50. The van der Waals surface area contributed by atoms with E-state index in [0.29, 0.717) is 6.42 Å². The summed E-state index contributed by atoms with van der Waals surface area (Å²) in [6, 6.07) is 36.9. The molecule has 4 aromatic carbocycles. The van der Waals surface area contributed by atoms with Crippen molar-refractivity contribution in [2.75, 3.05) is 4.90 Å². The molecule has 3 nitrogen and oxygen atoms in total. The molecule has 0 saturated heterocycles. The van der Waals surface area contributed by atoms with Crippen LogP contribution < -0.4 is 4.90 Å². The monoisotopic (exact) mass is 414 g/mol. The maximum absolute atomic E-state index is 14.0. The molecular formula is C29H22N2O. The number of nitrogens with zero attached hydrogens (tertiary/aromatic N) is 1. The molecular weight excluding hydrogens is 392 g/mol. The van der Waals surface area contributed by atoms with Crippen molar-refractivity contribution >= 4 is 22.5 Å². The average molecular weight is 415 g/mol. The van der Waals surface area contributed by atoms with Gasteiger partial charge in [0.2, 0.25) is 0 Å². The van der Waals surface area contributed by atoms with Crippen LogP contribution in [0.25, 0.3) is 10.9 Å². The number of amides is 1. The fourth-order valence-corrected chi connectivity index (χ4v) is 5.20. The first kappa shape index (κ1) is 18.6. The van der Waals surface area contributed by atoms with Crippen LogP contribution in [0.15, 0.2) is 115 Å². The van der Waals surface area contributed by atoms with E-state index in [1.54, 1.807) is 0 Å². The van der Waals surface area contributed by atoms with Crippen LogP contribution in [-0.4, -0.2) is 10.9 Å². The second-order valence-electron chi connectivity index (χ2n) is 8.29. The van der Waals surface area contributed by atoms with Crippen molar-refractivity contribution in [1.82, 2.24) is 4.98 Å². The molecule has 154 valence electrons. The number of carbonyl (C=O) groups is 1. The highest BCUT2D eigenvalue weighted by molar-refractivity contribution is 6.13. The Morgan fingerprint density at radius 3 is 2.16 bits per heavy atom. The van der Waals surface area contributed by atoms with Crippen LogP contribution in [0.2, 0.25) is 0 Å². The maximum atomic E-state index is 14.0. The van der Waals surface area contributed by atoms with Gasteiger partial charge in [-0.05, 0) is 35.4 Å². The Hall–Kier alpha value is -4.11. The summed E-state index contributed by atoms with van der Waals surface area (Å²) in [6.07, 6.45) is 2.76. The Balaban J connectivity index is 1.72. The minimum Gasteiger partial charge on any atom is -0.361 e. The molecule has 0 aliphatic carbocycles. The minimum absolute atomic E-state index is 0.0352. The smallest absolute Gasteiger partial charge is 0.259 e. The summed E-state index contributed by atoms with van der Waals surface area (Å²) >= 11 is 0. The molecule has 1 amide bonds. The topological polar surface area (TPSA) is 36.1 Å². The van der Waals surface area contributed by atoms with E-state index in [0.717, 1.165) is 33.3 Å². The Bertz CT molecular complexity index is 1420. The van der Waals surface area contributed by atoms with Gasteiger partial charge in [0.05, 0.1) is 0 Å². The van der Waals surface area contributed by atoms with Crippen LogP contribution in [0.3, 0.4) is 0 Å². The van der Waals surface area contributed by atoms with Crippen LogP contribution in [0.1, 0.15) is 27.0 Å². The fraction of sp³-hybridized carbons (Fsp3) is 0.0690. The van der Waals surface area contributed by atoms with Crippen LogP contribution in [0.4, 0.5) is 5.69 Å². The zero-order valence-corrected chi connectivity index (χ0v) is 17.5. The van der Waals surface area contributed by atoms with Gasteiger partial charge in [-0.15, -0.1) is 0 Å². The Morgan fingerprint density at radius 2 is 1.34 bits per heavy atom. The van der Waals surface area contributed by atoms with E-state index in [2.05, 4.69) is 59.7 Å².